The van der Waals surface area contributed by atoms with Crippen LogP contribution in [0.15, 0.2) is 22.5 Å². The predicted molar refractivity (Wildman–Crippen MR) is 98.1 cm³/mol. The normalized spacial score (nSPS) is 37.9. The molecule has 4 heterocycles. The summed E-state index contributed by atoms with van der Waals surface area (Å²) in [7, 11) is 1.54. The maximum atomic E-state index is 13.7. The minimum Gasteiger partial charge on any atom is -0.449 e. The fourth-order valence-electron chi connectivity index (χ4n) is 5.60. The molecule has 29 heavy (non-hydrogen) atoms. The highest BCUT2D eigenvalue weighted by Crippen LogP contribution is 2.56. The molecule has 4 aliphatic heterocycles. The standard InChI is InChI=1S/C19H24N4O6/c1-8-13(22-4-3-9(24)5-22)16(26)12-10(7-29-18(20)27)19(28-2)17-11(21-17)6-23(19)14(12)15(8)25/h9-11,17,21,24H,3-7H2,1-2H3,(H2,20,27)/t9?,10-,11+,17+,19?/m0/s1. The molecule has 0 radical (unpaired) electrons. The first-order valence-electron chi connectivity index (χ1n) is 9.79. The third kappa shape index (κ3) is 2.30. The summed E-state index contributed by atoms with van der Waals surface area (Å²) in [6, 6.07) is 0.0833. The number of hydrogen-bond acceptors (Lipinski definition) is 9. The number of aliphatic hydroxyl groups is 1. The number of Topliss-reactive ketones (excluding diaryl/α,β-unsaturated/α-hetero) is 2. The van der Waals surface area contributed by atoms with Gasteiger partial charge < -0.3 is 35.4 Å². The van der Waals surface area contributed by atoms with E-state index in [0.717, 1.165) is 0 Å². The van der Waals surface area contributed by atoms with Crippen molar-refractivity contribution in [1.29, 1.82) is 0 Å². The van der Waals surface area contributed by atoms with Gasteiger partial charge in [-0.25, -0.2) is 4.79 Å². The molecule has 0 saturated carbocycles. The number of carbonyl (C=O) groups excluding carboxylic acids is 3. The Hall–Kier alpha value is -2.43. The van der Waals surface area contributed by atoms with Gasteiger partial charge in [0.1, 0.15) is 6.61 Å². The zero-order valence-electron chi connectivity index (χ0n) is 16.3. The van der Waals surface area contributed by atoms with Gasteiger partial charge in [0.15, 0.2) is 5.72 Å². The van der Waals surface area contributed by atoms with Gasteiger partial charge in [-0.2, -0.15) is 0 Å². The molecule has 10 nitrogen and oxygen atoms in total. The van der Waals surface area contributed by atoms with Crippen molar-refractivity contribution in [2.24, 2.45) is 11.7 Å². The van der Waals surface area contributed by atoms with Gasteiger partial charge in [-0.15, -0.1) is 0 Å². The Labute approximate surface area is 167 Å². The van der Waals surface area contributed by atoms with Gasteiger partial charge in [0.05, 0.1) is 29.5 Å². The number of likely N-dealkylation sites (tertiary alicyclic amines) is 1. The van der Waals surface area contributed by atoms with Crippen molar-refractivity contribution in [3.05, 3.63) is 22.5 Å². The molecule has 1 amide bonds. The summed E-state index contributed by atoms with van der Waals surface area (Å²) in [6.07, 6.45) is -0.935. The van der Waals surface area contributed by atoms with Crippen molar-refractivity contribution in [2.75, 3.05) is 33.4 Å². The molecule has 4 N–H and O–H groups in total. The maximum Gasteiger partial charge on any atom is 0.404 e. The zero-order chi connectivity index (χ0) is 20.7. The van der Waals surface area contributed by atoms with Crippen LogP contribution in [0.25, 0.3) is 0 Å². The number of β-amino-alcohol motifs (C(OH)–C–C–N with tert-alkyl or cyclic N) is 1. The first kappa shape index (κ1) is 18.6. The number of carbonyl (C=O) groups is 3. The van der Waals surface area contributed by atoms with Gasteiger partial charge in [-0.1, -0.05) is 0 Å². The van der Waals surface area contributed by atoms with Gasteiger partial charge in [0.2, 0.25) is 11.6 Å². The van der Waals surface area contributed by atoms with Crippen molar-refractivity contribution in [2.45, 2.75) is 37.3 Å². The van der Waals surface area contributed by atoms with Crippen LogP contribution in [0.4, 0.5) is 4.79 Å². The molecular weight excluding hydrogens is 380 g/mol. The Balaban J connectivity index is 1.59. The van der Waals surface area contributed by atoms with E-state index in [-0.39, 0.29) is 30.3 Å². The van der Waals surface area contributed by atoms with Gasteiger partial charge in [0, 0.05) is 43.9 Å². The number of fused-ring (bicyclic) bond motifs is 4. The minimum atomic E-state index is -0.976. The summed E-state index contributed by atoms with van der Waals surface area (Å²) in [5.41, 5.74) is 5.56. The van der Waals surface area contributed by atoms with Gasteiger partial charge in [0.25, 0.3) is 0 Å². The lowest BCUT2D eigenvalue weighted by atomic mass is 9.82. The van der Waals surface area contributed by atoms with Crippen LogP contribution in [0.5, 0.6) is 0 Å². The van der Waals surface area contributed by atoms with E-state index in [1.54, 1.807) is 11.8 Å². The fraction of sp³-hybridized carbons (Fsp3) is 0.632. The second kappa shape index (κ2) is 6.04. The van der Waals surface area contributed by atoms with E-state index in [2.05, 4.69) is 5.32 Å². The summed E-state index contributed by atoms with van der Waals surface area (Å²) in [5, 5.41) is 13.3. The number of nitrogens with zero attached hydrogens (tertiary/aromatic N) is 2. The van der Waals surface area contributed by atoms with Crippen LogP contribution in [0, 0.1) is 5.92 Å². The number of rotatable bonds is 4. The highest BCUT2D eigenvalue weighted by atomic mass is 16.6. The highest BCUT2D eigenvalue weighted by Gasteiger charge is 2.72. The minimum absolute atomic E-state index is 0.0717. The Morgan fingerprint density at radius 2 is 2.07 bits per heavy atom. The number of methoxy groups -OCH3 is 1. The van der Waals surface area contributed by atoms with E-state index < -0.39 is 23.8 Å². The summed E-state index contributed by atoms with van der Waals surface area (Å²) in [4.78, 5) is 42.0. The Bertz CT molecular complexity index is 897. The maximum absolute atomic E-state index is 13.7. The van der Waals surface area contributed by atoms with Crippen molar-refractivity contribution < 1.29 is 29.0 Å². The summed E-state index contributed by atoms with van der Waals surface area (Å²) in [6.45, 7) is 2.85. The highest BCUT2D eigenvalue weighted by molar-refractivity contribution is 6.25. The predicted octanol–water partition coefficient (Wildman–Crippen LogP) is -1.54. The molecule has 156 valence electrons. The molecule has 0 aromatic rings. The number of nitrogens with two attached hydrogens (primary N) is 1. The molecule has 5 atom stereocenters. The van der Waals surface area contributed by atoms with E-state index in [0.29, 0.717) is 48.6 Å². The first-order valence-corrected chi connectivity index (χ1v) is 9.79. The van der Waals surface area contributed by atoms with E-state index >= 15 is 0 Å². The Morgan fingerprint density at radius 1 is 1.31 bits per heavy atom. The van der Waals surface area contributed by atoms with E-state index in [9.17, 15) is 19.5 Å². The molecule has 1 aliphatic carbocycles. The largest absolute Gasteiger partial charge is 0.449 e. The van der Waals surface area contributed by atoms with Gasteiger partial charge in [-0.05, 0) is 13.3 Å². The lowest BCUT2D eigenvalue weighted by Crippen LogP contribution is -2.55. The summed E-state index contributed by atoms with van der Waals surface area (Å²) in [5.74, 6) is -1.14. The fourth-order valence-corrected chi connectivity index (χ4v) is 5.60. The third-order valence-electron chi connectivity index (χ3n) is 6.88. The number of allylic oxidation sites excluding steroid dienone is 2. The lowest BCUT2D eigenvalue weighted by Gasteiger charge is -2.39. The van der Waals surface area contributed by atoms with Crippen molar-refractivity contribution in [1.82, 2.24) is 15.1 Å². The van der Waals surface area contributed by atoms with E-state index in [1.807, 2.05) is 4.90 Å². The smallest absolute Gasteiger partial charge is 0.404 e. The zero-order valence-corrected chi connectivity index (χ0v) is 16.3. The number of hydrogen-bond donors (Lipinski definition) is 3. The molecule has 0 bridgehead atoms. The molecule has 2 unspecified atom stereocenters. The molecular formula is C19H24N4O6. The molecule has 0 aromatic carbocycles. The summed E-state index contributed by atoms with van der Waals surface area (Å²) < 4.78 is 11.0. The molecule has 0 aromatic heterocycles. The topological polar surface area (TPSA) is 144 Å². The number of primary amides is 1. The molecule has 0 spiro atoms. The van der Waals surface area contributed by atoms with Crippen molar-refractivity contribution >= 4 is 17.7 Å². The third-order valence-corrected chi connectivity index (χ3v) is 6.88. The SMILES string of the molecule is COC12[C@@H]3N[C@@H]3CN1C1=C(C(=O)C(N3CCC(O)C3)=C(C)C1=O)[C@@H]2COC(N)=O. The molecule has 3 fully saturated rings. The van der Waals surface area contributed by atoms with Gasteiger partial charge >= 0.3 is 6.09 Å². The Kier molecular flexibility index (Phi) is 3.87. The number of aliphatic hydroxyl groups excluding tert-OH is 1. The van der Waals surface area contributed by atoms with Gasteiger partial charge in [-0.3, -0.25) is 9.59 Å². The average Bonchev–Trinajstić information content (AvgIpc) is 3.05. The first-order chi connectivity index (χ1) is 13.8. The van der Waals surface area contributed by atoms with Crippen LogP contribution in [0.1, 0.15) is 13.3 Å². The molecule has 5 rings (SSSR count). The van der Waals surface area contributed by atoms with Crippen LogP contribution in [0.2, 0.25) is 0 Å². The van der Waals surface area contributed by atoms with Crippen LogP contribution in [0.3, 0.4) is 0 Å². The average molecular weight is 404 g/mol. The van der Waals surface area contributed by atoms with E-state index in [1.165, 1.54) is 7.11 Å². The monoisotopic (exact) mass is 404 g/mol. The quantitative estimate of drug-likeness (QED) is 0.375. The molecule has 10 heteroatoms. The summed E-state index contributed by atoms with van der Waals surface area (Å²) >= 11 is 0. The molecule has 3 saturated heterocycles. The lowest BCUT2D eigenvalue weighted by molar-refractivity contribution is -0.137. The number of nitrogens with one attached hydrogen (secondary N) is 1. The van der Waals surface area contributed by atoms with Crippen molar-refractivity contribution in [3.8, 4) is 0 Å². The second-order valence-corrected chi connectivity index (χ2v) is 8.28. The van der Waals surface area contributed by atoms with Crippen LogP contribution < -0.4 is 11.1 Å². The van der Waals surface area contributed by atoms with Crippen LogP contribution in [-0.4, -0.2) is 89.8 Å². The van der Waals surface area contributed by atoms with E-state index in [4.69, 9.17) is 15.2 Å². The Morgan fingerprint density at radius 3 is 2.69 bits per heavy atom. The number of ether oxygens (including phenoxy) is 2. The number of ketones is 2. The molecule has 5 aliphatic rings. The van der Waals surface area contributed by atoms with Crippen LogP contribution in [-0.2, 0) is 19.1 Å². The second-order valence-electron chi connectivity index (χ2n) is 8.28. The number of amides is 1. The number of piperazine rings is 1. The van der Waals surface area contributed by atoms with Crippen molar-refractivity contribution in [3.63, 3.8) is 0 Å². The van der Waals surface area contributed by atoms with Crippen LogP contribution >= 0.6 is 0 Å².